The fourth-order valence-electron chi connectivity index (χ4n) is 0.969. The standard InChI is InChI=1S/C8H15N3O2/c1-11(2)6-7-9-8(13-10-7)4-3-5-12/h12H,3-6H2,1-2H3. The summed E-state index contributed by atoms with van der Waals surface area (Å²) < 4.78 is 4.97. The highest BCUT2D eigenvalue weighted by Gasteiger charge is 2.05. The smallest absolute Gasteiger partial charge is 0.226 e. The van der Waals surface area contributed by atoms with E-state index in [4.69, 9.17) is 9.63 Å². The molecule has 0 aliphatic rings. The molecule has 0 aliphatic carbocycles. The molecular weight excluding hydrogens is 170 g/mol. The fourth-order valence-corrected chi connectivity index (χ4v) is 0.969. The van der Waals surface area contributed by atoms with E-state index in [1.165, 1.54) is 0 Å². The van der Waals surface area contributed by atoms with Crippen molar-refractivity contribution in [1.82, 2.24) is 15.0 Å². The monoisotopic (exact) mass is 185 g/mol. The third-order valence-electron chi connectivity index (χ3n) is 1.52. The maximum absolute atomic E-state index is 8.58. The van der Waals surface area contributed by atoms with Crippen molar-refractivity contribution in [2.75, 3.05) is 20.7 Å². The fraction of sp³-hybridized carbons (Fsp3) is 0.750. The van der Waals surface area contributed by atoms with Crippen molar-refractivity contribution in [2.45, 2.75) is 19.4 Å². The molecule has 1 heterocycles. The van der Waals surface area contributed by atoms with Crippen LogP contribution in [-0.2, 0) is 13.0 Å². The summed E-state index contributed by atoms with van der Waals surface area (Å²) in [5.74, 6) is 1.30. The van der Waals surface area contributed by atoms with Crippen LogP contribution in [0.2, 0.25) is 0 Å². The summed E-state index contributed by atoms with van der Waals surface area (Å²) in [6.45, 7) is 0.841. The zero-order chi connectivity index (χ0) is 9.68. The summed E-state index contributed by atoms with van der Waals surface area (Å²) in [4.78, 5) is 6.13. The molecule has 0 bridgehead atoms. The Kier molecular flexibility index (Phi) is 3.85. The maximum atomic E-state index is 8.58. The number of hydrogen-bond donors (Lipinski definition) is 1. The van der Waals surface area contributed by atoms with Crippen LogP contribution in [0.5, 0.6) is 0 Å². The number of aryl methyl sites for hydroxylation is 1. The Morgan fingerprint density at radius 1 is 1.46 bits per heavy atom. The van der Waals surface area contributed by atoms with E-state index < -0.39 is 0 Å². The van der Waals surface area contributed by atoms with Gasteiger partial charge in [-0.2, -0.15) is 4.98 Å². The molecule has 13 heavy (non-hydrogen) atoms. The summed E-state index contributed by atoms with van der Waals surface area (Å²) in [5.41, 5.74) is 0. The van der Waals surface area contributed by atoms with E-state index in [1.54, 1.807) is 0 Å². The molecule has 1 rings (SSSR count). The van der Waals surface area contributed by atoms with Crippen LogP contribution in [0.4, 0.5) is 0 Å². The lowest BCUT2D eigenvalue weighted by molar-refractivity contribution is 0.278. The first-order chi connectivity index (χ1) is 6.22. The summed E-state index contributed by atoms with van der Waals surface area (Å²) >= 11 is 0. The summed E-state index contributed by atoms with van der Waals surface area (Å²) in [6.07, 6.45) is 1.32. The zero-order valence-corrected chi connectivity index (χ0v) is 8.03. The van der Waals surface area contributed by atoms with Gasteiger partial charge in [0.1, 0.15) is 0 Å². The van der Waals surface area contributed by atoms with Gasteiger partial charge in [-0.15, -0.1) is 0 Å². The molecule has 1 aromatic heterocycles. The van der Waals surface area contributed by atoms with E-state index in [0.29, 0.717) is 31.1 Å². The van der Waals surface area contributed by atoms with Gasteiger partial charge < -0.3 is 14.5 Å². The Bertz CT molecular complexity index is 247. The zero-order valence-electron chi connectivity index (χ0n) is 8.03. The molecule has 1 N–H and O–H groups in total. The quantitative estimate of drug-likeness (QED) is 0.702. The van der Waals surface area contributed by atoms with Crippen LogP contribution < -0.4 is 0 Å². The number of aromatic nitrogens is 2. The highest BCUT2D eigenvalue weighted by atomic mass is 16.5. The minimum atomic E-state index is 0.158. The predicted octanol–water partition coefficient (Wildman–Crippen LogP) is 0.0561. The van der Waals surface area contributed by atoms with Crippen LogP contribution >= 0.6 is 0 Å². The van der Waals surface area contributed by atoms with Crippen molar-refractivity contribution in [1.29, 1.82) is 0 Å². The van der Waals surface area contributed by atoms with E-state index >= 15 is 0 Å². The molecule has 0 radical (unpaired) electrons. The van der Waals surface area contributed by atoms with E-state index in [0.717, 1.165) is 0 Å². The van der Waals surface area contributed by atoms with E-state index in [2.05, 4.69) is 10.1 Å². The van der Waals surface area contributed by atoms with E-state index in [1.807, 2.05) is 19.0 Å². The Hall–Kier alpha value is -0.940. The highest BCUT2D eigenvalue weighted by molar-refractivity contribution is 4.85. The van der Waals surface area contributed by atoms with Crippen LogP contribution in [0.3, 0.4) is 0 Å². The first-order valence-electron chi connectivity index (χ1n) is 4.29. The average Bonchev–Trinajstić information content (AvgIpc) is 2.48. The average molecular weight is 185 g/mol. The molecule has 5 nitrogen and oxygen atoms in total. The topological polar surface area (TPSA) is 62.4 Å². The van der Waals surface area contributed by atoms with Crippen molar-refractivity contribution in [2.24, 2.45) is 0 Å². The largest absolute Gasteiger partial charge is 0.396 e. The van der Waals surface area contributed by atoms with Gasteiger partial charge in [0.2, 0.25) is 5.89 Å². The molecule has 0 saturated carbocycles. The number of aliphatic hydroxyl groups excluding tert-OH is 1. The van der Waals surface area contributed by atoms with Gasteiger partial charge in [0.05, 0.1) is 6.54 Å². The minimum absolute atomic E-state index is 0.158. The first-order valence-corrected chi connectivity index (χ1v) is 4.29. The lowest BCUT2D eigenvalue weighted by Gasteiger charge is -2.03. The van der Waals surface area contributed by atoms with Crippen LogP contribution in [-0.4, -0.2) is 40.8 Å². The Morgan fingerprint density at radius 2 is 2.23 bits per heavy atom. The second-order valence-electron chi connectivity index (χ2n) is 3.17. The van der Waals surface area contributed by atoms with Crippen LogP contribution in [0.1, 0.15) is 18.1 Å². The van der Waals surface area contributed by atoms with Crippen LogP contribution in [0.15, 0.2) is 4.52 Å². The Labute approximate surface area is 77.4 Å². The molecule has 1 aromatic rings. The lowest BCUT2D eigenvalue weighted by atomic mass is 10.3. The van der Waals surface area contributed by atoms with Crippen molar-refractivity contribution in [3.63, 3.8) is 0 Å². The third-order valence-corrected chi connectivity index (χ3v) is 1.52. The van der Waals surface area contributed by atoms with E-state index in [9.17, 15) is 0 Å². The van der Waals surface area contributed by atoms with Gasteiger partial charge in [-0.05, 0) is 20.5 Å². The van der Waals surface area contributed by atoms with Crippen molar-refractivity contribution >= 4 is 0 Å². The predicted molar refractivity (Wildman–Crippen MR) is 47.1 cm³/mol. The molecule has 0 amide bonds. The van der Waals surface area contributed by atoms with Crippen molar-refractivity contribution < 1.29 is 9.63 Å². The number of nitrogens with zero attached hydrogens (tertiary/aromatic N) is 3. The minimum Gasteiger partial charge on any atom is -0.396 e. The summed E-state index contributed by atoms with van der Waals surface area (Å²) in [6, 6.07) is 0. The number of hydrogen-bond acceptors (Lipinski definition) is 5. The van der Waals surface area contributed by atoms with Gasteiger partial charge in [0.15, 0.2) is 5.82 Å². The maximum Gasteiger partial charge on any atom is 0.226 e. The summed E-state index contributed by atoms with van der Waals surface area (Å²) in [7, 11) is 3.90. The first kappa shape index (κ1) is 10.1. The van der Waals surface area contributed by atoms with Gasteiger partial charge in [0.25, 0.3) is 0 Å². The molecule has 0 fully saturated rings. The van der Waals surface area contributed by atoms with Gasteiger partial charge in [0, 0.05) is 13.0 Å². The van der Waals surface area contributed by atoms with Crippen molar-refractivity contribution in [3.05, 3.63) is 11.7 Å². The molecular formula is C8H15N3O2. The van der Waals surface area contributed by atoms with Crippen LogP contribution in [0, 0.1) is 0 Å². The van der Waals surface area contributed by atoms with Gasteiger partial charge >= 0.3 is 0 Å². The molecule has 0 spiro atoms. The van der Waals surface area contributed by atoms with Gasteiger partial charge in [-0.1, -0.05) is 5.16 Å². The van der Waals surface area contributed by atoms with Crippen LogP contribution in [0.25, 0.3) is 0 Å². The second-order valence-corrected chi connectivity index (χ2v) is 3.17. The lowest BCUT2D eigenvalue weighted by Crippen LogP contribution is -2.11. The molecule has 5 heteroatoms. The summed E-state index contributed by atoms with van der Waals surface area (Å²) in [5, 5.41) is 12.4. The highest BCUT2D eigenvalue weighted by Crippen LogP contribution is 2.01. The molecule has 0 saturated heterocycles. The van der Waals surface area contributed by atoms with Crippen molar-refractivity contribution in [3.8, 4) is 0 Å². The molecule has 0 aliphatic heterocycles. The molecule has 74 valence electrons. The third kappa shape index (κ3) is 3.52. The number of rotatable bonds is 5. The Morgan fingerprint density at radius 3 is 2.85 bits per heavy atom. The van der Waals surface area contributed by atoms with Gasteiger partial charge in [-0.25, -0.2) is 0 Å². The second kappa shape index (κ2) is 4.94. The van der Waals surface area contributed by atoms with E-state index in [-0.39, 0.29) is 6.61 Å². The SMILES string of the molecule is CN(C)Cc1noc(CCCO)n1. The molecule has 0 atom stereocenters. The normalized spacial score (nSPS) is 11.1. The Balaban J connectivity index is 2.44. The molecule has 0 unspecified atom stereocenters. The number of aliphatic hydroxyl groups is 1. The molecule has 0 aromatic carbocycles. The van der Waals surface area contributed by atoms with Gasteiger partial charge in [-0.3, -0.25) is 0 Å².